The number of carbonyl (C=O) groups is 1. The number of aryl methyl sites for hydroxylation is 3. The molecule has 1 amide bonds. The molecule has 2 aromatic heterocycles. The van der Waals surface area contributed by atoms with Gasteiger partial charge in [-0.3, -0.25) is 4.79 Å². The molecule has 0 saturated carbocycles. The molecule has 0 saturated heterocycles. The van der Waals surface area contributed by atoms with E-state index in [0.29, 0.717) is 18.9 Å². The van der Waals surface area contributed by atoms with Gasteiger partial charge in [0.1, 0.15) is 0 Å². The summed E-state index contributed by atoms with van der Waals surface area (Å²) in [5, 5.41) is 7.60. The van der Waals surface area contributed by atoms with Crippen LogP contribution < -0.4 is 5.32 Å². The molecule has 1 N–H and O–H groups in total. The second kappa shape index (κ2) is 7.53. The molecular formula is C17H26N6O. The quantitative estimate of drug-likeness (QED) is 0.859. The van der Waals surface area contributed by atoms with Crippen LogP contribution in [-0.2, 0) is 11.2 Å². The zero-order valence-electron chi connectivity index (χ0n) is 15.3. The lowest BCUT2D eigenvalue weighted by Gasteiger charge is -2.17. The van der Waals surface area contributed by atoms with E-state index >= 15 is 0 Å². The number of likely N-dealkylation sites (N-methyl/N-ethyl adjacent to an activating group) is 2. The Morgan fingerprint density at radius 3 is 2.42 bits per heavy atom. The van der Waals surface area contributed by atoms with E-state index in [4.69, 9.17) is 0 Å². The SMILES string of the molecule is CNCCN(C)C(=O)Cc1c(C)nn(-c2nc(C)cc(C)n2)c1C. The summed E-state index contributed by atoms with van der Waals surface area (Å²) in [4.78, 5) is 23.1. The van der Waals surface area contributed by atoms with Crippen molar-refractivity contribution in [3.63, 3.8) is 0 Å². The van der Waals surface area contributed by atoms with Gasteiger partial charge in [0.15, 0.2) is 0 Å². The monoisotopic (exact) mass is 330 g/mol. The van der Waals surface area contributed by atoms with Crippen LogP contribution >= 0.6 is 0 Å². The Morgan fingerprint density at radius 1 is 1.21 bits per heavy atom. The van der Waals surface area contributed by atoms with Gasteiger partial charge in [-0.2, -0.15) is 5.10 Å². The maximum atomic E-state index is 12.4. The van der Waals surface area contributed by atoms with Gasteiger partial charge in [0.05, 0.1) is 12.1 Å². The summed E-state index contributed by atoms with van der Waals surface area (Å²) in [6.07, 6.45) is 0.336. The highest BCUT2D eigenvalue weighted by Crippen LogP contribution is 2.17. The summed E-state index contributed by atoms with van der Waals surface area (Å²) in [5.41, 5.74) is 4.49. The Kier molecular flexibility index (Phi) is 5.66. The molecule has 0 aromatic carbocycles. The Morgan fingerprint density at radius 2 is 1.83 bits per heavy atom. The van der Waals surface area contributed by atoms with Crippen molar-refractivity contribution in [1.29, 1.82) is 0 Å². The first-order valence-corrected chi connectivity index (χ1v) is 8.09. The van der Waals surface area contributed by atoms with Crippen molar-refractivity contribution >= 4 is 5.91 Å². The van der Waals surface area contributed by atoms with E-state index < -0.39 is 0 Å². The van der Waals surface area contributed by atoms with Crippen molar-refractivity contribution in [3.05, 3.63) is 34.4 Å². The van der Waals surface area contributed by atoms with Crippen molar-refractivity contribution in [3.8, 4) is 5.95 Å². The summed E-state index contributed by atoms with van der Waals surface area (Å²) in [7, 11) is 3.70. The van der Waals surface area contributed by atoms with Crippen molar-refractivity contribution in [2.24, 2.45) is 0 Å². The van der Waals surface area contributed by atoms with Crippen LogP contribution in [0.4, 0.5) is 0 Å². The van der Waals surface area contributed by atoms with Crippen LogP contribution in [0.25, 0.3) is 5.95 Å². The molecule has 7 nitrogen and oxygen atoms in total. The van der Waals surface area contributed by atoms with Gasteiger partial charge in [0, 0.05) is 42.8 Å². The molecule has 0 bridgehead atoms. The van der Waals surface area contributed by atoms with Crippen LogP contribution in [0.2, 0.25) is 0 Å². The van der Waals surface area contributed by atoms with E-state index in [9.17, 15) is 4.79 Å². The van der Waals surface area contributed by atoms with Gasteiger partial charge in [-0.05, 0) is 40.8 Å². The number of nitrogens with one attached hydrogen (secondary N) is 1. The standard InChI is InChI=1S/C17H26N6O/c1-11-9-12(2)20-17(19-11)23-14(4)15(13(3)21-23)10-16(24)22(6)8-7-18-5/h9,18H,7-8,10H2,1-6H3. The number of hydrogen-bond acceptors (Lipinski definition) is 5. The van der Waals surface area contributed by atoms with Crippen LogP contribution in [-0.4, -0.2) is 57.7 Å². The van der Waals surface area contributed by atoms with Gasteiger partial charge in [-0.1, -0.05) is 0 Å². The minimum atomic E-state index is 0.0809. The van der Waals surface area contributed by atoms with E-state index in [0.717, 1.165) is 34.9 Å². The first-order valence-electron chi connectivity index (χ1n) is 8.09. The third-order valence-corrected chi connectivity index (χ3v) is 4.05. The lowest BCUT2D eigenvalue weighted by Crippen LogP contribution is -2.34. The molecule has 2 rings (SSSR count). The minimum Gasteiger partial charge on any atom is -0.344 e. The molecular weight excluding hydrogens is 304 g/mol. The van der Waals surface area contributed by atoms with Crippen LogP contribution in [0, 0.1) is 27.7 Å². The van der Waals surface area contributed by atoms with Gasteiger partial charge in [0.25, 0.3) is 5.95 Å². The van der Waals surface area contributed by atoms with Crippen molar-refractivity contribution in [2.45, 2.75) is 34.1 Å². The number of amides is 1. The molecule has 2 aromatic rings. The topological polar surface area (TPSA) is 75.9 Å². The van der Waals surface area contributed by atoms with E-state index in [-0.39, 0.29) is 5.91 Å². The fourth-order valence-corrected chi connectivity index (χ4v) is 2.62. The average molecular weight is 330 g/mol. The highest BCUT2D eigenvalue weighted by atomic mass is 16.2. The largest absolute Gasteiger partial charge is 0.344 e. The first kappa shape index (κ1) is 18.1. The molecule has 0 aliphatic rings. The molecule has 0 aliphatic heterocycles. The molecule has 0 aliphatic carbocycles. The Hall–Kier alpha value is -2.28. The first-order chi connectivity index (χ1) is 11.3. The molecule has 2 heterocycles. The van der Waals surface area contributed by atoms with Crippen LogP contribution in [0.1, 0.15) is 28.3 Å². The molecule has 24 heavy (non-hydrogen) atoms. The zero-order valence-corrected chi connectivity index (χ0v) is 15.3. The van der Waals surface area contributed by atoms with E-state index in [2.05, 4.69) is 20.4 Å². The van der Waals surface area contributed by atoms with Gasteiger partial charge >= 0.3 is 0 Å². The molecule has 130 valence electrons. The number of aromatic nitrogens is 4. The smallest absolute Gasteiger partial charge is 0.251 e. The van der Waals surface area contributed by atoms with Gasteiger partial charge in [-0.15, -0.1) is 0 Å². The van der Waals surface area contributed by atoms with Crippen molar-refractivity contribution < 1.29 is 4.79 Å². The van der Waals surface area contributed by atoms with Crippen LogP contribution in [0.15, 0.2) is 6.07 Å². The summed E-state index contributed by atoms with van der Waals surface area (Å²) < 4.78 is 1.73. The highest BCUT2D eigenvalue weighted by Gasteiger charge is 2.19. The van der Waals surface area contributed by atoms with E-state index in [1.807, 2.05) is 47.9 Å². The highest BCUT2D eigenvalue weighted by molar-refractivity contribution is 5.79. The number of rotatable bonds is 6. The number of hydrogen-bond donors (Lipinski definition) is 1. The maximum absolute atomic E-state index is 12.4. The van der Waals surface area contributed by atoms with Crippen molar-refractivity contribution in [2.75, 3.05) is 27.2 Å². The van der Waals surface area contributed by atoms with Crippen molar-refractivity contribution in [1.82, 2.24) is 30.0 Å². The summed E-state index contributed by atoms with van der Waals surface area (Å²) in [6.45, 7) is 9.20. The summed E-state index contributed by atoms with van der Waals surface area (Å²) in [6, 6.07) is 1.93. The fraction of sp³-hybridized carbons (Fsp3) is 0.529. The third kappa shape index (κ3) is 3.97. The lowest BCUT2D eigenvalue weighted by molar-refractivity contribution is -0.129. The molecule has 7 heteroatoms. The minimum absolute atomic E-state index is 0.0809. The molecule has 0 fully saturated rings. The summed E-state index contributed by atoms with van der Waals surface area (Å²) >= 11 is 0. The average Bonchev–Trinajstić information content (AvgIpc) is 2.79. The van der Waals surface area contributed by atoms with E-state index in [1.54, 1.807) is 9.58 Å². The molecule has 0 atom stereocenters. The lowest BCUT2D eigenvalue weighted by atomic mass is 10.1. The Labute approximate surface area is 143 Å². The molecule has 0 radical (unpaired) electrons. The van der Waals surface area contributed by atoms with Gasteiger partial charge in [0.2, 0.25) is 5.91 Å². The molecule has 0 unspecified atom stereocenters. The predicted molar refractivity (Wildman–Crippen MR) is 93.4 cm³/mol. The van der Waals surface area contributed by atoms with Crippen LogP contribution in [0.5, 0.6) is 0 Å². The second-order valence-electron chi connectivity index (χ2n) is 6.11. The summed E-state index contributed by atoms with van der Waals surface area (Å²) in [5.74, 6) is 0.632. The predicted octanol–water partition coefficient (Wildman–Crippen LogP) is 1.12. The van der Waals surface area contributed by atoms with Gasteiger partial charge in [-0.25, -0.2) is 14.6 Å². The van der Waals surface area contributed by atoms with Crippen LogP contribution in [0.3, 0.4) is 0 Å². The normalized spacial score (nSPS) is 10.9. The number of nitrogens with zero attached hydrogens (tertiary/aromatic N) is 5. The fourth-order valence-electron chi connectivity index (χ4n) is 2.62. The Balaban J connectivity index is 2.27. The number of carbonyl (C=O) groups excluding carboxylic acids is 1. The second-order valence-corrected chi connectivity index (χ2v) is 6.11. The maximum Gasteiger partial charge on any atom is 0.251 e. The van der Waals surface area contributed by atoms with E-state index in [1.165, 1.54) is 0 Å². The third-order valence-electron chi connectivity index (χ3n) is 4.05. The zero-order chi connectivity index (χ0) is 17.9. The molecule has 0 spiro atoms. The van der Waals surface area contributed by atoms with Gasteiger partial charge < -0.3 is 10.2 Å². The Bertz CT molecular complexity index is 717.